The molecule has 5 nitrogen and oxygen atoms in total. The normalized spacial score (nSPS) is 11.1. The number of ether oxygens (including phenoxy) is 2. The Morgan fingerprint density at radius 2 is 2.11 bits per heavy atom. The lowest BCUT2D eigenvalue weighted by atomic mass is 10.3. The number of methoxy groups -OCH3 is 1. The summed E-state index contributed by atoms with van der Waals surface area (Å²) in [4.78, 5) is 0. The Balaban J connectivity index is 2.11. The second-order valence-electron chi connectivity index (χ2n) is 4.11. The third kappa shape index (κ3) is 5.06. The highest BCUT2D eigenvalue weighted by Gasteiger charge is 2.09. The Morgan fingerprint density at radius 1 is 1.33 bits per heavy atom. The highest BCUT2D eigenvalue weighted by molar-refractivity contribution is 9.10. The molecule has 0 aliphatic rings. The van der Waals surface area contributed by atoms with Gasteiger partial charge in [0.2, 0.25) is 0 Å². The summed E-state index contributed by atoms with van der Waals surface area (Å²) < 4.78 is 13.3. The molecule has 0 bridgehead atoms. The van der Waals surface area contributed by atoms with E-state index in [4.69, 9.17) is 9.47 Å². The van der Waals surface area contributed by atoms with Gasteiger partial charge in [0.25, 0.3) is 0 Å². The number of nitrogens with one attached hydrogen (secondary N) is 1. The lowest BCUT2D eigenvalue weighted by Gasteiger charge is -2.06. The standard InChI is InChI=1S/C12H22BrN3O2/c1-10-12(13)11(16(2)15-10)9-14-5-4-6-18-8-7-17-3/h14H,4-9H2,1-3H3. The predicted molar refractivity (Wildman–Crippen MR) is 74.7 cm³/mol. The Bertz CT molecular complexity index is 355. The van der Waals surface area contributed by atoms with Crippen LogP contribution in [0.25, 0.3) is 0 Å². The maximum Gasteiger partial charge on any atom is 0.0739 e. The number of nitrogens with zero attached hydrogens (tertiary/aromatic N) is 2. The van der Waals surface area contributed by atoms with Crippen molar-refractivity contribution in [3.8, 4) is 0 Å². The molecule has 0 aliphatic carbocycles. The van der Waals surface area contributed by atoms with Gasteiger partial charge in [-0.05, 0) is 35.8 Å². The van der Waals surface area contributed by atoms with Gasteiger partial charge in [-0.25, -0.2) is 0 Å². The molecule has 6 heteroatoms. The summed E-state index contributed by atoms with van der Waals surface area (Å²) >= 11 is 3.55. The lowest BCUT2D eigenvalue weighted by molar-refractivity contribution is 0.0694. The van der Waals surface area contributed by atoms with Crippen molar-refractivity contribution in [2.24, 2.45) is 7.05 Å². The molecule has 1 aromatic heterocycles. The molecule has 0 atom stereocenters. The minimum atomic E-state index is 0.661. The predicted octanol–water partition coefficient (Wildman–Crippen LogP) is 1.63. The Labute approximate surface area is 117 Å². The zero-order valence-electron chi connectivity index (χ0n) is 11.3. The van der Waals surface area contributed by atoms with Crippen molar-refractivity contribution in [3.63, 3.8) is 0 Å². The van der Waals surface area contributed by atoms with Crippen molar-refractivity contribution in [1.29, 1.82) is 0 Å². The van der Waals surface area contributed by atoms with Gasteiger partial charge in [-0.15, -0.1) is 0 Å². The number of hydrogen-bond donors (Lipinski definition) is 1. The van der Waals surface area contributed by atoms with Crippen molar-refractivity contribution in [2.45, 2.75) is 19.9 Å². The average molecular weight is 320 g/mol. The first-order chi connectivity index (χ1) is 8.66. The Hall–Kier alpha value is -0.430. The van der Waals surface area contributed by atoms with Gasteiger partial charge in [0.1, 0.15) is 0 Å². The van der Waals surface area contributed by atoms with Crippen LogP contribution in [0.3, 0.4) is 0 Å². The molecule has 0 fully saturated rings. The van der Waals surface area contributed by atoms with Crippen LogP contribution in [0, 0.1) is 6.92 Å². The minimum absolute atomic E-state index is 0.661. The zero-order chi connectivity index (χ0) is 13.4. The maximum atomic E-state index is 5.39. The Morgan fingerprint density at radius 3 is 2.72 bits per heavy atom. The smallest absolute Gasteiger partial charge is 0.0739 e. The van der Waals surface area contributed by atoms with E-state index < -0.39 is 0 Å². The first-order valence-corrected chi connectivity index (χ1v) is 6.91. The Kier molecular flexibility index (Phi) is 7.50. The molecule has 1 heterocycles. The van der Waals surface area contributed by atoms with E-state index in [1.54, 1.807) is 7.11 Å². The van der Waals surface area contributed by atoms with Gasteiger partial charge >= 0.3 is 0 Å². The number of aromatic nitrogens is 2. The summed E-state index contributed by atoms with van der Waals surface area (Å²) in [7, 11) is 3.64. The molecule has 1 N–H and O–H groups in total. The SMILES string of the molecule is COCCOCCCNCc1c(Br)c(C)nn1C. The van der Waals surface area contributed by atoms with Gasteiger partial charge in [0.15, 0.2) is 0 Å². The number of halogens is 1. The fourth-order valence-corrected chi connectivity index (χ4v) is 2.10. The third-order valence-electron chi connectivity index (χ3n) is 2.63. The van der Waals surface area contributed by atoms with Gasteiger partial charge < -0.3 is 14.8 Å². The molecule has 0 spiro atoms. The van der Waals surface area contributed by atoms with Gasteiger partial charge in [0.05, 0.1) is 29.1 Å². The van der Waals surface area contributed by atoms with Crippen LogP contribution in [-0.2, 0) is 23.1 Å². The largest absolute Gasteiger partial charge is 0.382 e. The van der Waals surface area contributed by atoms with Gasteiger partial charge in [-0.2, -0.15) is 5.10 Å². The van der Waals surface area contributed by atoms with Crippen molar-refractivity contribution >= 4 is 15.9 Å². The summed E-state index contributed by atoms with van der Waals surface area (Å²) in [6.45, 7) is 5.84. The van der Waals surface area contributed by atoms with E-state index in [1.807, 2.05) is 18.7 Å². The van der Waals surface area contributed by atoms with E-state index in [1.165, 1.54) is 5.69 Å². The molecular weight excluding hydrogens is 298 g/mol. The maximum absolute atomic E-state index is 5.39. The zero-order valence-corrected chi connectivity index (χ0v) is 12.9. The number of hydrogen-bond acceptors (Lipinski definition) is 4. The minimum Gasteiger partial charge on any atom is -0.382 e. The van der Waals surface area contributed by atoms with Crippen LogP contribution >= 0.6 is 15.9 Å². The summed E-state index contributed by atoms with van der Waals surface area (Å²) in [5, 5.41) is 7.74. The summed E-state index contributed by atoms with van der Waals surface area (Å²) in [5.74, 6) is 0. The fraction of sp³-hybridized carbons (Fsp3) is 0.750. The monoisotopic (exact) mass is 319 g/mol. The molecule has 104 valence electrons. The highest BCUT2D eigenvalue weighted by Crippen LogP contribution is 2.19. The van der Waals surface area contributed by atoms with Crippen LogP contribution in [0.1, 0.15) is 17.8 Å². The summed E-state index contributed by atoms with van der Waals surface area (Å²) in [5.41, 5.74) is 2.20. The molecule has 0 saturated heterocycles. The highest BCUT2D eigenvalue weighted by atomic mass is 79.9. The average Bonchev–Trinajstić information content (AvgIpc) is 2.58. The second-order valence-corrected chi connectivity index (χ2v) is 4.90. The summed E-state index contributed by atoms with van der Waals surface area (Å²) in [6.07, 6.45) is 0.998. The van der Waals surface area contributed by atoms with Crippen LogP contribution in [0.15, 0.2) is 4.47 Å². The summed E-state index contributed by atoms with van der Waals surface area (Å²) in [6, 6.07) is 0. The third-order valence-corrected chi connectivity index (χ3v) is 3.66. The van der Waals surface area contributed by atoms with Crippen molar-refractivity contribution in [1.82, 2.24) is 15.1 Å². The number of aryl methyl sites for hydroxylation is 2. The second kappa shape index (κ2) is 8.63. The molecule has 0 amide bonds. The first kappa shape index (κ1) is 15.6. The molecule has 1 aromatic rings. The molecule has 0 radical (unpaired) electrons. The molecule has 0 aromatic carbocycles. The van der Waals surface area contributed by atoms with Crippen LogP contribution in [-0.4, -0.2) is 43.3 Å². The molecule has 0 saturated carbocycles. The molecule has 1 rings (SSSR count). The van der Waals surface area contributed by atoms with Crippen molar-refractivity contribution in [3.05, 3.63) is 15.9 Å². The van der Waals surface area contributed by atoms with Gasteiger partial charge in [-0.3, -0.25) is 4.68 Å². The van der Waals surface area contributed by atoms with E-state index in [0.29, 0.717) is 13.2 Å². The quantitative estimate of drug-likeness (QED) is 0.703. The van der Waals surface area contributed by atoms with E-state index in [2.05, 4.69) is 26.3 Å². The fourth-order valence-electron chi connectivity index (χ4n) is 1.62. The van der Waals surface area contributed by atoms with Crippen LogP contribution in [0.2, 0.25) is 0 Å². The van der Waals surface area contributed by atoms with E-state index in [0.717, 1.165) is 36.3 Å². The van der Waals surface area contributed by atoms with Gasteiger partial charge in [0, 0.05) is 27.3 Å². The molecule has 18 heavy (non-hydrogen) atoms. The number of rotatable bonds is 9. The van der Waals surface area contributed by atoms with E-state index >= 15 is 0 Å². The van der Waals surface area contributed by atoms with Gasteiger partial charge in [-0.1, -0.05) is 0 Å². The molecule has 0 aliphatic heterocycles. The van der Waals surface area contributed by atoms with E-state index in [-0.39, 0.29) is 0 Å². The molecular formula is C12H22BrN3O2. The van der Waals surface area contributed by atoms with E-state index in [9.17, 15) is 0 Å². The first-order valence-electron chi connectivity index (χ1n) is 6.12. The van der Waals surface area contributed by atoms with Crippen LogP contribution < -0.4 is 5.32 Å². The van der Waals surface area contributed by atoms with Crippen molar-refractivity contribution in [2.75, 3.05) is 33.5 Å². The lowest BCUT2D eigenvalue weighted by Crippen LogP contribution is -2.19. The van der Waals surface area contributed by atoms with Crippen molar-refractivity contribution < 1.29 is 9.47 Å². The van der Waals surface area contributed by atoms with Crippen LogP contribution in [0.4, 0.5) is 0 Å². The topological polar surface area (TPSA) is 48.3 Å². The van der Waals surface area contributed by atoms with Crippen LogP contribution in [0.5, 0.6) is 0 Å². The molecule has 0 unspecified atom stereocenters.